The Bertz CT molecular complexity index is 290. The van der Waals surface area contributed by atoms with Crippen LogP contribution in [0.3, 0.4) is 0 Å². The fraction of sp³-hybridized carbons (Fsp3) is 0.300. The number of hydrogen-bond donors (Lipinski definition) is 2. The number of carbonyl (C=O) groups is 1. The molecule has 1 aromatic rings. The van der Waals surface area contributed by atoms with Crippen LogP contribution >= 0.6 is 0 Å². The number of rotatable bonds is 3. The van der Waals surface area contributed by atoms with Crippen molar-refractivity contribution in [3.8, 4) is 0 Å². The molecule has 0 aliphatic carbocycles. The van der Waals surface area contributed by atoms with Crippen LogP contribution in [0.1, 0.15) is 22.8 Å². The van der Waals surface area contributed by atoms with Gasteiger partial charge < -0.3 is 11.5 Å². The third kappa shape index (κ3) is 2.87. The number of nitrogens with two attached hydrogens (primary N) is 2. The molecule has 1 aromatic carbocycles. The molecule has 0 radical (unpaired) electrons. The molecule has 1 amide bonds. The number of benzene rings is 1. The van der Waals surface area contributed by atoms with Gasteiger partial charge in [-0.25, -0.2) is 0 Å². The average molecular weight is 178 g/mol. The summed E-state index contributed by atoms with van der Waals surface area (Å²) in [5, 5.41) is 0. The molecule has 0 aliphatic rings. The van der Waals surface area contributed by atoms with Crippen molar-refractivity contribution in [2.24, 2.45) is 11.5 Å². The zero-order chi connectivity index (χ0) is 9.84. The number of amides is 1. The summed E-state index contributed by atoms with van der Waals surface area (Å²) in [7, 11) is 0. The summed E-state index contributed by atoms with van der Waals surface area (Å²) in [6, 6.07) is 7.34. The zero-order valence-corrected chi connectivity index (χ0v) is 7.66. The molecule has 0 aliphatic heterocycles. The lowest BCUT2D eigenvalue weighted by Crippen LogP contribution is -2.18. The maximum Gasteiger partial charge on any atom is 0.248 e. The van der Waals surface area contributed by atoms with Crippen LogP contribution in [0.4, 0.5) is 0 Å². The largest absolute Gasteiger partial charge is 0.366 e. The highest BCUT2D eigenvalue weighted by Gasteiger charge is 2.00. The number of hydrogen-bond acceptors (Lipinski definition) is 2. The van der Waals surface area contributed by atoms with Crippen molar-refractivity contribution in [1.82, 2.24) is 0 Å². The molecule has 0 fully saturated rings. The first-order valence-electron chi connectivity index (χ1n) is 4.24. The first-order valence-corrected chi connectivity index (χ1v) is 4.24. The molecule has 0 heterocycles. The molecule has 70 valence electrons. The second-order valence-electron chi connectivity index (χ2n) is 3.24. The summed E-state index contributed by atoms with van der Waals surface area (Å²) in [6.45, 7) is 1.95. The number of primary amides is 1. The second-order valence-corrected chi connectivity index (χ2v) is 3.24. The molecule has 0 aromatic heterocycles. The molecule has 3 nitrogen and oxygen atoms in total. The molecule has 0 spiro atoms. The second kappa shape index (κ2) is 4.05. The fourth-order valence-electron chi connectivity index (χ4n) is 1.18. The number of carbonyl (C=O) groups excluding carboxylic acids is 1. The van der Waals surface area contributed by atoms with Gasteiger partial charge in [-0.2, -0.15) is 0 Å². The topological polar surface area (TPSA) is 69.1 Å². The molecule has 0 bridgehead atoms. The molecule has 3 heteroatoms. The highest BCUT2D eigenvalue weighted by molar-refractivity contribution is 5.92. The monoisotopic (exact) mass is 178 g/mol. The maximum atomic E-state index is 10.7. The summed E-state index contributed by atoms with van der Waals surface area (Å²) in [4.78, 5) is 10.7. The first kappa shape index (κ1) is 9.74. The van der Waals surface area contributed by atoms with Gasteiger partial charge >= 0.3 is 0 Å². The van der Waals surface area contributed by atoms with E-state index in [1.54, 1.807) is 12.1 Å². The van der Waals surface area contributed by atoms with E-state index in [2.05, 4.69) is 0 Å². The third-order valence-corrected chi connectivity index (χ3v) is 1.80. The van der Waals surface area contributed by atoms with Gasteiger partial charge in [-0.15, -0.1) is 0 Å². The van der Waals surface area contributed by atoms with Gasteiger partial charge in [-0.05, 0) is 31.0 Å². The fourth-order valence-corrected chi connectivity index (χ4v) is 1.18. The summed E-state index contributed by atoms with van der Waals surface area (Å²) in [5.41, 5.74) is 12.4. The van der Waals surface area contributed by atoms with Gasteiger partial charge in [-0.1, -0.05) is 12.1 Å². The van der Waals surface area contributed by atoms with Crippen LogP contribution in [0.15, 0.2) is 24.3 Å². The Balaban J connectivity index is 2.75. The Morgan fingerprint density at radius 1 is 1.38 bits per heavy atom. The summed E-state index contributed by atoms with van der Waals surface area (Å²) >= 11 is 0. The van der Waals surface area contributed by atoms with Crippen LogP contribution in [0.2, 0.25) is 0 Å². The van der Waals surface area contributed by atoms with Crippen LogP contribution in [-0.4, -0.2) is 11.9 Å². The molecular formula is C10H14N2O. The minimum absolute atomic E-state index is 0.138. The Kier molecular flexibility index (Phi) is 3.03. The van der Waals surface area contributed by atoms with Crippen LogP contribution in [0.5, 0.6) is 0 Å². The predicted molar refractivity (Wildman–Crippen MR) is 52.3 cm³/mol. The third-order valence-electron chi connectivity index (χ3n) is 1.80. The first-order chi connectivity index (χ1) is 6.09. The molecule has 1 atom stereocenters. The van der Waals surface area contributed by atoms with Gasteiger partial charge in [0.05, 0.1) is 0 Å². The Labute approximate surface area is 77.7 Å². The summed E-state index contributed by atoms with van der Waals surface area (Å²) < 4.78 is 0. The summed E-state index contributed by atoms with van der Waals surface area (Å²) in [5.74, 6) is -0.396. The van der Waals surface area contributed by atoms with E-state index in [0.29, 0.717) is 5.56 Å². The lowest BCUT2D eigenvalue weighted by atomic mass is 10.1. The minimum Gasteiger partial charge on any atom is -0.366 e. The lowest BCUT2D eigenvalue weighted by molar-refractivity contribution is 0.100. The van der Waals surface area contributed by atoms with E-state index in [1.165, 1.54) is 0 Å². The van der Waals surface area contributed by atoms with Crippen molar-refractivity contribution in [3.05, 3.63) is 35.4 Å². The molecular weight excluding hydrogens is 164 g/mol. The summed E-state index contributed by atoms with van der Waals surface area (Å²) in [6.07, 6.45) is 0.818. The Morgan fingerprint density at radius 2 is 1.92 bits per heavy atom. The molecule has 13 heavy (non-hydrogen) atoms. The minimum atomic E-state index is -0.396. The molecule has 4 N–H and O–H groups in total. The van der Waals surface area contributed by atoms with E-state index in [4.69, 9.17) is 11.5 Å². The smallest absolute Gasteiger partial charge is 0.248 e. The van der Waals surface area contributed by atoms with Gasteiger partial charge in [0.2, 0.25) is 5.91 Å². The molecule has 0 saturated heterocycles. The van der Waals surface area contributed by atoms with Crippen molar-refractivity contribution < 1.29 is 4.79 Å². The van der Waals surface area contributed by atoms with E-state index in [1.807, 2.05) is 19.1 Å². The van der Waals surface area contributed by atoms with Gasteiger partial charge in [-0.3, -0.25) is 4.79 Å². The van der Waals surface area contributed by atoms with Gasteiger partial charge in [0.15, 0.2) is 0 Å². The van der Waals surface area contributed by atoms with Crippen molar-refractivity contribution in [1.29, 1.82) is 0 Å². The van der Waals surface area contributed by atoms with Crippen LogP contribution in [-0.2, 0) is 6.42 Å². The van der Waals surface area contributed by atoms with E-state index in [0.717, 1.165) is 12.0 Å². The van der Waals surface area contributed by atoms with Crippen molar-refractivity contribution >= 4 is 5.91 Å². The highest BCUT2D eigenvalue weighted by atomic mass is 16.1. The van der Waals surface area contributed by atoms with Gasteiger partial charge in [0, 0.05) is 11.6 Å². The molecule has 0 saturated carbocycles. The standard InChI is InChI=1S/C10H14N2O/c1-7(11)6-8-2-4-9(5-3-8)10(12)13/h2-5,7H,6,11H2,1H3,(H2,12,13). The zero-order valence-electron chi connectivity index (χ0n) is 7.66. The highest BCUT2D eigenvalue weighted by Crippen LogP contribution is 2.05. The quantitative estimate of drug-likeness (QED) is 0.714. The average Bonchev–Trinajstić information content (AvgIpc) is 2.04. The normalized spacial score (nSPS) is 12.5. The van der Waals surface area contributed by atoms with Crippen LogP contribution < -0.4 is 11.5 Å². The molecule has 1 rings (SSSR count). The van der Waals surface area contributed by atoms with Crippen molar-refractivity contribution in [2.45, 2.75) is 19.4 Å². The van der Waals surface area contributed by atoms with Crippen molar-refractivity contribution in [3.63, 3.8) is 0 Å². The van der Waals surface area contributed by atoms with Crippen LogP contribution in [0, 0.1) is 0 Å². The Morgan fingerprint density at radius 3 is 2.31 bits per heavy atom. The molecule has 1 unspecified atom stereocenters. The van der Waals surface area contributed by atoms with Gasteiger partial charge in [0.25, 0.3) is 0 Å². The maximum absolute atomic E-state index is 10.7. The van der Waals surface area contributed by atoms with Crippen molar-refractivity contribution in [2.75, 3.05) is 0 Å². The SMILES string of the molecule is CC(N)Cc1ccc(C(N)=O)cc1. The van der Waals surface area contributed by atoms with E-state index < -0.39 is 5.91 Å². The predicted octanol–water partition coefficient (Wildman–Crippen LogP) is 0.675. The van der Waals surface area contributed by atoms with E-state index >= 15 is 0 Å². The van der Waals surface area contributed by atoms with Crippen LogP contribution in [0.25, 0.3) is 0 Å². The lowest BCUT2D eigenvalue weighted by Gasteiger charge is -2.04. The van der Waals surface area contributed by atoms with E-state index in [9.17, 15) is 4.79 Å². The van der Waals surface area contributed by atoms with Gasteiger partial charge in [0.1, 0.15) is 0 Å². The Hall–Kier alpha value is -1.35. The van der Waals surface area contributed by atoms with E-state index in [-0.39, 0.29) is 6.04 Å².